The van der Waals surface area contributed by atoms with E-state index in [1.54, 1.807) is 6.07 Å². The zero-order valence-electron chi connectivity index (χ0n) is 10.4. The second-order valence-corrected chi connectivity index (χ2v) is 5.26. The third-order valence-electron chi connectivity index (χ3n) is 4.04. The number of ether oxygens (including phenoxy) is 1. The molecule has 1 aromatic rings. The van der Waals surface area contributed by atoms with Crippen LogP contribution in [0, 0.1) is 11.7 Å². The Morgan fingerprint density at radius 1 is 1.50 bits per heavy atom. The summed E-state index contributed by atoms with van der Waals surface area (Å²) in [5, 5.41) is 0. The van der Waals surface area contributed by atoms with Gasteiger partial charge in [0.2, 0.25) is 0 Å². The lowest BCUT2D eigenvalue weighted by molar-refractivity contribution is 0.181. The smallest absolute Gasteiger partial charge is 0.125 e. The summed E-state index contributed by atoms with van der Waals surface area (Å²) in [6.45, 7) is 3.33. The molecule has 3 nitrogen and oxygen atoms in total. The molecule has 2 atom stereocenters. The summed E-state index contributed by atoms with van der Waals surface area (Å²) in [6.07, 6.45) is 2.04. The molecule has 0 aliphatic carbocycles. The SMILES string of the molecule is NC(CN1CCc2ccc(F)cc21)C1CCOC1. The predicted molar refractivity (Wildman–Crippen MR) is 69.2 cm³/mol. The van der Waals surface area contributed by atoms with Crippen molar-refractivity contribution >= 4 is 5.69 Å². The van der Waals surface area contributed by atoms with Crippen LogP contribution in [-0.2, 0) is 11.2 Å². The summed E-state index contributed by atoms with van der Waals surface area (Å²) < 4.78 is 18.7. The minimum atomic E-state index is -0.168. The average molecular weight is 250 g/mol. The van der Waals surface area contributed by atoms with Crippen LogP contribution in [0.5, 0.6) is 0 Å². The monoisotopic (exact) mass is 250 g/mol. The third-order valence-corrected chi connectivity index (χ3v) is 4.04. The van der Waals surface area contributed by atoms with Crippen LogP contribution in [0.1, 0.15) is 12.0 Å². The van der Waals surface area contributed by atoms with Gasteiger partial charge < -0.3 is 15.4 Å². The molecular weight excluding hydrogens is 231 g/mol. The molecule has 0 saturated carbocycles. The molecule has 1 saturated heterocycles. The standard InChI is InChI=1S/C14H19FN2O/c15-12-2-1-10-3-5-17(14(10)7-12)8-13(16)11-4-6-18-9-11/h1-2,7,11,13H,3-6,8-9,16H2. The lowest BCUT2D eigenvalue weighted by Crippen LogP contribution is -2.42. The van der Waals surface area contributed by atoms with Crippen molar-refractivity contribution in [3.05, 3.63) is 29.6 Å². The lowest BCUT2D eigenvalue weighted by atomic mass is 9.99. The molecule has 3 rings (SSSR count). The highest BCUT2D eigenvalue weighted by molar-refractivity contribution is 5.58. The molecule has 2 aliphatic heterocycles. The van der Waals surface area contributed by atoms with Crippen molar-refractivity contribution in [1.29, 1.82) is 0 Å². The molecule has 0 aromatic heterocycles. The Kier molecular flexibility index (Phi) is 3.22. The quantitative estimate of drug-likeness (QED) is 0.884. The van der Waals surface area contributed by atoms with E-state index in [1.165, 1.54) is 11.6 Å². The first-order valence-electron chi connectivity index (χ1n) is 6.61. The van der Waals surface area contributed by atoms with Gasteiger partial charge in [-0.25, -0.2) is 4.39 Å². The van der Waals surface area contributed by atoms with Crippen molar-refractivity contribution in [1.82, 2.24) is 0 Å². The summed E-state index contributed by atoms with van der Waals surface area (Å²) in [5.41, 5.74) is 8.48. The molecule has 1 fully saturated rings. The fourth-order valence-corrected chi connectivity index (χ4v) is 2.90. The topological polar surface area (TPSA) is 38.5 Å². The molecular formula is C14H19FN2O. The number of hydrogen-bond acceptors (Lipinski definition) is 3. The largest absolute Gasteiger partial charge is 0.381 e. The minimum absolute atomic E-state index is 0.113. The van der Waals surface area contributed by atoms with Gasteiger partial charge in [0, 0.05) is 37.3 Å². The van der Waals surface area contributed by atoms with E-state index in [0.29, 0.717) is 5.92 Å². The van der Waals surface area contributed by atoms with Crippen molar-refractivity contribution in [2.75, 3.05) is 31.2 Å². The van der Waals surface area contributed by atoms with Gasteiger partial charge in [-0.3, -0.25) is 0 Å². The van der Waals surface area contributed by atoms with E-state index in [1.807, 2.05) is 6.07 Å². The maximum absolute atomic E-state index is 13.3. The summed E-state index contributed by atoms with van der Waals surface area (Å²) in [7, 11) is 0. The van der Waals surface area contributed by atoms with E-state index < -0.39 is 0 Å². The van der Waals surface area contributed by atoms with E-state index in [-0.39, 0.29) is 11.9 Å². The number of rotatable bonds is 3. The Morgan fingerprint density at radius 2 is 2.39 bits per heavy atom. The minimum Gasteiger partial charge on any atom is -0.381 e. The zero-order chi connectivity index (χ0) is 12.5. The first-order chi connectivity index (χ1) is 8.74. The highest BCUT2D eigenvalue weighted by atomic mass is 19.1. The molecule has 0 amide bonds. The van der Waals surface area contributed by atoms with Crippen LogP contribution < -0.4 is 10.6 Å². The lowest BCUT2D eigenvalue weighted by Gasteiger charge is -2.26. The van der Waals surface area contributed by atoms with Gasteiger partial charge in [0.25, 0.3) is 0 Å². The zero-order valence-corrected chi connectivity index (χ0v) is 10.4. The van der Waals surface area contributed by atoms with E-state index in [2.05, 4.69) is 4.90 Å². The molecule has 1 aromatic carbocycles. The normalized spacial score (nSPS) is 24.3. The van der Waals surface area contributed by atoms with E-state index in [0.717, 1.165) is 44.8 Å². The van der Waals surface area contributed by atoms with Crippen LogP contribution in [0.25, 0.3) is 0 Å². The molecule has 2 aliphatic rings. The summed E-state index contributed by atoms with van der Waals surface area (Å²) in [5.74, 6) is 0.279. The van der Waals surface area contributed by atoms with E-state index in [4.69, 9.17) is 10.5 Å². The number of fused-ring (bicyclic) bond motifs is 1. The Bertz CT molecular complexity index is 432. The van der Waals surface area contributed by atoms with Gasteiger partial charge >= 0.3 is 0 Å². The van der Waals surface area contributed by atoms with Crippen molar-refractivity contribution in [3.63, 3.8) is 0 Å². The summed E-state index contributed by atoms with van der Waals surface area (Å²) in [4.78, 5) is 2.21. The van der Waals surface area contributed by atoms with Gasteiger partial charge in [-0.05, 0) is 30.5 Å². The first-order valence-corrected chi connectivity index (χ1v) is 6.61. The summed E-state index contributed by atoms with van der Waals surface area (Å²) in [6, 6.07) is 5.16. The molecule has 98 valence electrons. The molecule has 2 heterocycles. The summed E-state index contributed by atoms with van der Waals surface area (Å²) >= 11 is 0. The van der Waals surface area contributed by atoms with Gasteiger partial charge in [-0.1, -0.05) is 6.07 Å². The maximum atomic E-state index is 13.3. The van der Waals surface area contributed by atoms with E-state index >= 15 is 0 Å². The third kappa shape index (κ3) is 2.22. The van der Waals surface area contributed by atoms with Crippen LogP contribution in [0.15, 0.2) is 18.2 Å². The first kappa shape index (κ1) is 11.9. The molecule has 2 N–H and O–H groups in total. The molecule has 2 unspecified atom stereocenters. The second kappa shape index (κ2) is 4.86. The molecule has 0 spiro atoms. The van der Waals surface area contributed by atoms with Crippen molar-refractivity contribution < 1.29 is 9.13 Å². The van der Waals surface area contributed by atoms with Crippen LogP contribution >= 0.6 is 0 Å². The molecule has 0 radical (unpaired) electrons. The fraction of sp³-hybridized carbons (Fsp3) is 0.571. The number of nitrogens with zero attached hydrogens (tertiary/aromatic N) is 1. The fourth-order valence-electron chi connectivity index (χ4n) is 2.90. The molecule has 4 heteroatoms. The predicted octanol–water partition coefficient (Wildman–Crippen LogP) is 1.55. The Morgan fingerprint density at radius 3 is 3.17 bits per heavy atom. The van der Waals surface area contributed by atoms with Crippen LogP contribution in [-0.4, -0.2) is 32.3 Å². The number of hydrogen-bond donors (Lipinski definition) is 1. The van der Waals surface area contributed by atoms with Crippen molar-refractivity contribution in [2.45, 2.75) is 18.9 Å². The van der Waals surface area contributed by atoms with Crippen molar-refractivity contribution in [2.24, 2.45) is 11.7 Å². The Labute approximate surface area is 107 Å². The maximum Gasteiger partial charge on any atom is 0.125 e. The number of halogens is 1. The van der Waals surface area contributed by atoms with Gasteiger partial charge in [0.15, 0.2) is 0 Å². The average Bonchev–Trinajstić information content (AvgIpc) is 2.99. The second-order valence-electron chi connectivity index (χ2n) is 5.26. The van der Waals surface area contributed by atoms with Gasteiger partial charge in [-0.2, -0.15) is 0 Å². The van der Waals surface area contributed by atoms with Crippen LogP contribution in [0.4, 0.5) is 10.1 Å². The highest BCUT2D eigenvalue weighted by Crippen LogP contribution is 2.29. The number of benzene rings is 1. The molecule has 0 bridgehead atoms. The van der Waals surface area contributed by atoms with Gasteiger partial charge in [-0.15, -0.1) is 0 Å². The van der Waals surface area contributed by atoms with Crippen molar-refractivity contribution in [3.8, 4) is 0 Å². The van der Waals surface area contributed by atoms with Crippen LogP contribution in [0.2, 0.25) is 0 Å². The Hall–Kier alpha value is -1.13. The van der Waals surface area contributed by atoms with Gasteiger partial charge in [0.05, 0.1) is 6.61 Å². The van der Waals surface area contributed by atoms with E-state index in [9.17, 15) is 4.39 Å². The van der Waals surface area contributed by atoms with Gasteiger partial charge in [0.1, 0.15) is 5.82 Å². The number of nitrogens with two attached hydrogens (primary N) is 1. The Balaban J connectivity index is 1.70. The number of anilines is 1. The van der Waals surface area contributed by atoms with Crippen LogP contribution in [0.3, 0.4) is 0 Å². The molecule has 18 heavy (non-hydrogen) atoms. The highest BCUT2D eigenvalue weighted by Gasteiger charge is 2.27.